The fourth-order valence-electron chi connectivity index (χ4n) is 11.7. The standard InChI is InChI=1S/C62H83N3O10/c1-4-6-7-8-9-10-11-12-13-21-35-63-60(68)74-50-33-34-56-54(42-50)58-52(32-20-23-37-67)48(28-19-22-36-66)41-53-55(64-70-3)43-57(62(75-56,59(53)58)73-38-5-2)65(44-49-30-24-29-47-27-17-18-31-51(47)49)61(69)72-40-39-71-45-46-25-15-14-16-26-46/h5,14-18,24-27,29-31,33-34,41-42,48,52,57-59,66-67H,2,4,6-13,19-23,28,32,35-40,43-45H2,1,3H3,(H,63,68). The summed E-state index contributed by atoms with van der Waals surface area (Å²) >= 11 is 0. The van der Waals surface area contributed by atoms with Gasteiger partial charge in [0.2, 0.25) is 5.79 Å². The molecule has 0 saturated heterocycles. The summed E-state index contributed by atoms with van der Waals surface area (Å²) in [6.07, 6.45) is 19.5. The van der Waals surface area contributed by atoms with E-state index in [9.17, 15) is 15.0 Å². The monoisotopic (exact) mass is 1030 g/mol. The van der Waals surface area contributed by atoms with Gasteiger partial charge in [0.15, 0.2) is 0 Å². The van der Waals surface area contributed by atoms with Gasteiger partial charge < -0.3 is 44.1 Å². The molecule has 7 rings (SSSR count). The minimum absolute atomic E-state index is 0.00289. The van der Waals surface area contributed by atoms with E-state index < -0.39 is 29.9 Å². The van der Waals surface area contributed by atoms with Crippen molar-refractivity contribution >= 4 is 28.7 Å². The zero-order valence-electron chi connectivity index (χ0n) is 44.6. The van der Waals surface area contributed by atoms with E-state index in [2.05, 4.69) is 43.1 Å². The van der Waals surface area contributed by atoms with Crippen LogP contribution in [0.15, 0.2) is 120 Å². The molecule has 0 spiro atoms. The second-order valence-electron chi connectivity index (χ2n) is 20.4. The van der Waals surface area contributed by atoms with Gasteiger partial charge in [0.1, 0.15) is 31.3 Å². The van der Waals surface area contributed by atoms with Crippen molar-refractivity contribution in [2.45, 2.75) is 147 Å². The molecule has 13 nitrogen and oxygen atoms in total. The number of oxime groups is 1. The summed E-state index contributed by atoms with van der Waals surface area (Å²) in [7, 11) is 1.53. The number of ether oxygens (including phenoxy) is 5. The minimum atomic E-state index is -1.53. The molecule has 1 aliphatic heterocycles. The SMILES string of the molecule is C=CCOC12Oc3ccc(OC(=O)NCCCCCCCCCCCC)cc3C3C(CCCCO)C(CCCCO)C=C(C(=NOC)CC1N(Cc1cccc4ccccc14)C(=O)OCCOCc1ccccc1)C32. The number of carbonyl (C=O) groups excluding carboxylic acids is 2. The molecule has 1 saturated carbocycles. The smallest absolute Gasteiger partial charge is 0.412 e. The zero-order valence-corrected chi connectivity index (χ0v) is 44.6. The second kappa shape index (κ2) is 30.1. The van der Waals surface area contributed by atoms with E-state index in [4.69, 9.17) is 33.7 Å². The average Bonchev–Trinajstić information content (AvgIpc) is 3.47. The van der Waals surface area contributed by atoms with E-state index in [1.54, 1.807) is 17.0 Å². The number of unbranched alkanes of at least 4 members (excludes halogenated alkanes) is 11. The number of aliphatic hydroxyl groups is 2. The second-order valence-corrected chi connectivity index (χ2v) is 20.4. The Labute approximate surface area is 445 Å². The highest BCUT2D eigenvalue weighted by atomic mass is 16.7. The van der Waals surface area contributed by atoms with Crippen molar-refractivity contribution in [3.63, 3.8) is 0 Å². The van der Waals surface area contributed by atoms with Gasteiger partial charge in [0, 0.05) is 37.7 Å². The Morgan fingerprint density at radius 3 is 2.31 bits per heavy atom. The summed E-state index contributed by atoms with van der Waals surface area (Å²) in [4.78, 5) is 36.1. The van der Waals surface area contributed by atoms with Gasteiger partial charge in [-0.05, 0) is 89.6 Å². The van der Waals surface area contributed by atoms with Crippen molar-refractivity contribution in [3.8, 4) is 11.5 Å². The van der Waals surface area contributed by atoms with Crippen LogP contribution in [0.1, 0.15) is 139 Å². The molecule has 2 amide bonds. The number of benzene rings is 4. The lowest BCUT2D eigenvalue weighted by molar-refractivity contribution is -0.256. The minimum Gasteiger partial charge on any atom is -0.459 e. The highest BCUT2D eigenvalue weighted by molar-refractivity contribution is 6.03. The third kappa shape index (κ3) is 15.2. The molecule has 2 aliphatic carbocycles. The molecule has 13 heteroatoms. The van der Waals surface area contributed by atoms with Crippen LogP contribution in [-0.2, 0) is 32.2 Å². The first-order valence-electron chi connectivity index (χ1n) is 27.9. The van der Waals surface area contributed by atoms with E-state index in [0.717, 1.165) is 78.0 Å². The van der Waals surface area contributed by atoms with E-state index in [1.165, 1.54) is 52.1 Å². The van der Waals surface area contributed by atoms with Crippen LogP contribution in [0.2, 0.25) is 0 Å². The summed E-state index contributed by atoms with van der Waals surface area (Å²) in [5.41, 5.74) is 4.33. The molecule has 406 valence electrons. The molecule has 1 heterocycles. The van der Waals surface area contributed by atoms with E-state index in [-0.39, 0.29) is 63.8 Å². The Hall–Kier alpha value is -5.73. The molecule has 3 aliphatic rings. The molecule has 0 aromatic heterocycles. The van der Waals surface area contributed by atoms with Gasteiger partial charge in [-0.25, -0.2) is 9.59 Å². The van der Waals surface area contributed by atoms with Crippen molar-refractivity contribution in [2.24, 2.45) is 22.9 Å². The molecule has 75 heavy (non-hydrogen) atoms. The van der Waals surface area contributed by atoms with Gasteiger partial charge in [-0.1, -0.05) is 168 Å². The predicted octanol–water partition coefficient (Wildman–Crippen LogP) is 13.0. The number of amides is 2. The van der Waals surface area contributed by atoms with Crippen molar-refractivity contribution in [3.05, 3.63) is 132 Å². The Balaban J connectivity index is 1.26. The lowest BCUT2D eigenvalue weighted by atomic mass is 9.55. The van der Waals surface area contributed by atoms with Gasteiger partial charge >= 0.3 is 12.2 Å². The number of nitrogens with zero attached hydrogens (tertiary/aromatic N) is 2. The maximum absolute atomic E-state index is 15.2. The van der Waals surface area contributed by atoms with E-state index >= 15 is 4.79 Å². The molecule has 0 radical (unpaired) electrons. The Bertz CT molecular complexity index is 2460. The van der Waals surface area contributed by atoms with Crippen LogP contribution in [0.25, 0.3) is 10.8 Å². The quantitative estimate of drug-likeness (QED) is 0.0244. The van der Waals surface area contributed by atoms with Gasteiger partial charge in [-0.3, -0.25) is 4.90 Å². The molecular weight excluding hydrogens is 947 g/mol. The number of nitrogens with one attached hydrogen (secondary N) is 1. The fourth-order valence-corrected chi connectivity index (χ4v) is 11.7. The van der Waals surface area contributed by atoms with Crippen molar-refractivity contribution in [2.75, 3.05) is 46.7 Å². The molecule has 1 fully saturated rings. The van der Waals surface area contributed by atoms with Crippen LogP contribution in [0.3, 0.4) is 0 Å². The summed E-state index contributed by atoms with van der Waals surface area (Å²) in [6.45, 7) is 7.79. The number of carbonyl (C=O) groups is 2. The molecular formula is C62H83N3O10. The van der Waals surface area contributed by atoms with Crippen LogP contribution in [0.5, 0.6) is 11.5 Å². The van der Waals surface area contributed by atoms with E-state index in [0.29, 0.717) is 43.2 Å². The van der Waals surface area contributed by atoms with Crippen LogP contribution in [0.4, 0.5) is 9.59 Å². The predicted molar refractivity (Wildman–Crippen MR) is 295 cm³/mol. The first-order chi connectivity index (χ1) is 36.8. The first-order valence-corrected chi connectivity index (χ1v) is 27.9. The summed E-state index contributed by atoms with van der Waals surface area (Å²) in [5, 5.41) is 29.8. The molecule has 4 aromatic carbocycles. The number of fused-ring (bicyclic) bond motifs is 3. The van der Waals surface area contributed by atoms with Crippen LogP contribution >= 0.6 is 0 Å². The molecule has 6 atom stereocenters. The number of hydrogen-bond donors (Lipinski definition) is 3. The number of rotatable bonds is 32. The molecule has 6 unspecified atom stereocenters. The summed E-state index contributed by atoms with van der Waals surface area (Å²) in [6, 6.07) is 28.8. The van der Waals surface area contributed by atoms with Gasteiger partial charge in [-0.15, -0.1) is 6.58 Å². The van der Waals surface area contributed by atoms with Crippen LogP contribution < -0.4 is 14.8 Å². The van der Waals surface area contributed by atoms with Crippen molar-refractivity contribution in [1.29, 1.82) is 0 Å². The Morgan fingerprint density at radius 2 is 1.56 bits per heavy atom. The number of allylic oxidation sites excluding steroid dienone is 1. The topological polar surface area (TPSA) is 158 Å². The van der Waals surface area contributed by atoms with Crippen molar-refractivity contribution < 1.29 is 48.3 Å². The Kier molecular flexibility index (Phi) is 22.9. The third-order valence-electron chi connectivity index (χ3n) is 15.3. The van der Waals surface area contributed by atoms with Crippen LogP contribution in [-0.4, -0.2) is 91.5 Å². The van der Waals surface area contributed by atoms with Crippen molar-refractivity contribution in [1.82, 2.24) is 10.2 Å². The summed E-state index contributed by atoms with van der Waals surface area (Å²) in [5.74, 6) is -1.49. The fraction of sp³-hybridized carbons (Fsp3) is 0.532. The highest BCUT2D eigenvalue weighted by Crippen LogP contribution is 2.62. The number of aliphatic hydroxyl groups excluding tert-OH is 2. The van der Waals surface area contributed by atoms with Gasteiger partial charge in [0.25, 0.3) is 0 Å². The molecule has 4 aromatic rings. The lowest BCUT2D eigenvalue weighted by Crippen LogP contribution is -2.70. The summed E-state index contributed by atoms with van der Waals surface area (Å²) < 4.78 is 32.9. The largest absolute Gasteiger partial charge is 0.459 e. The van der Waals surface area contributed by atoms with Gasteiger partial charge in [0.05, 0.1) is 38.0 Å². The van der Waals surface area contributed by atoms with Crippen LogP contribution in [0, 0.1) is 17.8 Å². The molecule has 3 N–H and O–H groups in total. The Morgan fingerprint density at radius 1 is 0.840 bits per heavy atom. The van der Waals surface area contributed by atoms with E-state index in [1.807, 2.05) is 66.7 Å². The average molecular weight is 1030 g/mol. The first kappa shape index (κ1) is 57.0. The molecule has 0 bridgehead atoms. The maximum Gasteiger partial charge on any atom is 0.412 e. The normalized spacial score (nSPS) is 21.1. The number of hydrogen-bond acceptors (Lipinski definition) is 11. The zero-order chi connectivity index (χ0) is 52.7. The maximum atomic E-state index is 15.2. The lowest BCUT2D eigenvalue weighted by Gasteiger charge is -2.59. The van der Waals surface area contributed by atoms with Gasteiger partial charge in [-0.2, -0.15) is 0 Å². The highest BCUT2D eigenvalue weighted by Gasteiger charge is 2.65. The third-order valence-corrected chi connectivity index (χ3v) is 15.3.